The average molecular weight is 320 g/mol. The molecule has 0 fully saturated rings. The number of benzene rings is 1. The fraction of sp³-hybridized carbons (Fsp3) is 0.467. The Hall–Kier alpha value is -2.02. The SMILES string of the molecule is COc1cccc2c1OC[C@@H](CNc1nc(N(C)C)ns1)C2. The molecule has 1 aromatic carbocycles. The molecule has 0 radical (unpaired) electrons. The van der Waals surface area contributed by atoms with Gasteiger partial charge in [-0.15, -0.1) is 0 Å². The van der Waals surface area contributed by atoms with E-state index in [4.69, 9.17) is 9.47 Å². The van der Waals surface area contributed by atoms with Crippen LogP contribution >= 0.6 is 11.5 Å². The van der Waals surface area contributed by atoms with Gasteiger partial charge in [-0.1, -0.05) is 12.1 Å². The third kappa shape index (κ3) is 3.09. The number of nitrogens with zero attached hydrogens (tertiary/aromatic N) is 3. The van der Waals surface area contributed by atoms with Crippen molar-refractivity contribution in [3.05, 3.63) is 23.8 Å². The second-order valence-electron chi connectivity index (χ2n) is 5.50. The summed E-state index contributed by atoms with van der Waals surface area (Å²) in [6.07, 6.45) is 0.971. The molecule has 118 valence electrons. The van der Waals surface area contributed by atoms with Gasteiger partial charge < -0.3 is 19.7 Å². The number of rotatable bonds is 5. The first-order chi connectivity index (χ1) is 10.7. The first-order valence-electron chi connectivity index (χ1n) is 7.21. The molecule has 1 aromatic heterocycles. The molecule has 6 nitrogen and oxygen atoms in total. The highest BCUT2D eigenvalue weighted by Gasteiger charge is 2.22. The van der Waals surface area contributed by atoms with E-state index in [1.165, 1.54) is 17.1 Å². The van der Waals surface area contributed by atoms with Crippen LogP contribution in [0.5, 0.6) is 11.5 Å². The molecule has 1 aliphatic rings. The van der Waals surface area contributed by atoms with Gasteiger partial charge in [0.1, 0.15) is 0 Å². The van der Waals surface area contributed by atoms with E-state index in [2.05, 4.69) is 20.7 Å². The van der Waals surface area contributed by atoms with Crippen molar-refractivity contribution in [1.29, 1.82) is 0 Å². The van der Waals surface area contributed by atoms with Crippen LogP contribution in [0.3, 0.4) is 0 Å². The first-order valence-corrected chi connectivity index (χ1v) is 7.98. The Morgan fingerprint density at radius 3 is 3.05 bits per heavy atom. The van der Waals surface area contributed by atoms with E-state index in [9.17, 15) is 0 Å². The number of anilines is 2. The molecule has 0 spiro atoms. The highest BCUT2D eigenvalue weighted by Crippen LogP contribution is 2.36. The lowest BCUT2D eigenvalue weighted by Gasteiger charge is -2.26. The first kappa shape index (κ1) is 14.9. The third-order valence-corrected chi connectivity index (χ3v) is 4.27. The number of methoxy groups -OCH3 is 1. The molecule has 0 saturated heterocycles. The topological polar surface area (TPSA) is 59.5 Å². The zero-order valence-corrected chi connectivity index (χ0v) is 13.8. The molecule has 2 aromatic rings. The highest BCUT2D eigenvalue weighted by molar-refractivity contribution is 7.09. The minimum absolute atomic E-state index is 0.409. The van der Waals surface area contributed by atoms with Gasteiger partial charge in [-0.05, 0) is 18.1 Å². The Labute approximate surface area is 134 Å². The van der Waals surface area contributed by atoms with Crippen LogP contribution in [-0.2, 0) is 6.42 Å². The minimum Gasteiger partial charge on any atom is -0.493 e. The van der Waals surface area contributed by atoms with Gasteiger partial charge >= 0.3 is 0 Å². The maximum atomic E-state index is 5.88. The van der Waals surface area contributed by atoms with Gasteiger partial charge in [-0.3, -0.25) is 0 Å². The minimum atomic E-state index is 0.409. The molecular weight excluding hydrogens is 300 g/mol. The van der Waals surface area contributed by atoms with Crippen molar-refractivity contribution < 1.29 is 9.47 Å². The van der Waals surface area contributed by atoms with Crippen LogP contribution in [0.1, 0.15) is 5.56 Å². The molecule has 0 bridgehead atoms. The van der Waals surface area contributed by atoms with E-state index in [1.54, 1.807) is 7.11 Å². The summed E-state index contributed by atoms with van der Waals surface area (Å²) in [5.74, 6) is 2.84. The van der Waals surface area contributed by atoms with Crippen molar-refractivity contribution >= 4 is 22.6 Å². The largest absolute Gasteiger partial charge is 0.493 e. The predicted molar refractivity (Wildman–Crippen MR) is 88.4 cm³/mol. The lowest BCUT2D eigenvalue weighted by Crippen LogP contribution is -2.27. The molecule has 3 rings (SSSR count). The molecule has 1 atom stereocenters. The van der Waals surface area contributed by atoms with E-state index in [1.807, 2.05) is 31.1 Å². The van der Waals surface area contributed by atoms with E-state index in [0.29, 0.717) is 12.5 Å². The fourth-order valence-electron chi connectivity index (χ4n) is 2.45. The Kier molecular flexibility index (Phi) is 4.33. The molecular formula is C15H20N4O2S. The van der Waals surface area contributed by atoms with Crippen molar-refractivity contribution in [3.63, 3.8) is 0 Å². The molecule has 0 amide bonds. The van der Waals surface area contributed by atoms with Gasteiger partial charge in [0.15, 0.2) is 11.5 Å². The van der Waals surface area contributed by atoms with Crippen molar-refractivity contribution in [2.75, 3.05) is 44.6 Å². The number of hydrogen-bond donors (Lipinski definition) is 1. The summed E-state index contributed by atoms with van der Waals surface area (Å²) >= 11 is 1.38. The monoisotopic (exact) mass is 320 g/mol. The molecule has 0 saturated carbocycles. The lowest BCUT2D eigenvalue weighted by atomic mass is 9.96. The maximum absolute atomic E-state index is 5.88. The molecule has 1 aliphatic heterocycles. The molecule has 7 heteroatoms. The predicted octanol–water partition coefficient (Wildman–Crippen LogP) is 2.28. The molecule has 0 unspecified atom stereocenters. The van der Waals surface area contributed by atoms with Crippen LogP contribution in [0, 0.1) is 5.92 Å². The second kappa shape index (κ2) is 6.39. The molecule has 22 heavy (non-hydrogen) atoms. The van der Waals surface area contributed by atoms with Gasteiger partial charge in [0.25, 0.3) is 0 Å². The normalized spacial score (nSPS) is 16.6. The smallest absolute Gasteiger partial charge is 0.238 e. The summed E-state index contributed by atoms with van der Waals surface area (Å²) < 4.78 is 15.5. The summed E-state index contributed by atoms with van der Waals surface area (Å²) in [5, 5.41) is 4.20. The Balaban J connectivity index is 1.60. The van der Waals surface area contributed by atoms with Crippen LogP contribution in [0.4, 0.5) is 11.1 Å². The van der Waals surface area contributed by atoms with E-state index in [-0.39, 0.29) is 0 Å². The van der Waals surface area contributed by atoms with E-state index >= 15 is 0 Å². The standard InChI is InChI=1S/C15H20N4O2S/c1-19(2)14-17-15(22-18-14)16-8-10-7-11-5-4-6-12(20-3)13(11)21-9-10/h4-6,10H,7-9H2,1-3H3,(H,16,17,18)/t10-/m1/s1. The molecule has 1 N–H and O–H groups in total. The summed E-state index contributed by atoms with van der Waals surface area (Å²) in [6.45, 7) is 1.50. The lowest BCUT2D eigenvalue weighted by molar-refractivity contribution is 0.218. The van der Waals surface area contributed by atoms with E-state index < -0.39 is 0 Å². The molecule has 0 aliphatic carbocycles. The summed E-state index contributed by atoms with van der Waals surface area (Å²) in [6, 6.07) is 6.03. The molecule has 2 heterocycles. The Morgan fingerprint density at radius 2 is 2.32 bits per heavy atom. The number of hydrogen-bond acceptors (Lipinski definition) is 7. The van der Waals surface area contributed by atoms with Crippen molar-refractivity contribution in [2.45, 2.75) is 6.42 Å². The summed E-state index contributed by atoms with van der Waals surface area (Å²) in [7, 11) is 5.54. The Bertz CT molecular complexity index is 644. The van der Waals surface area contributed by atoms with E-state index in [0.717, 1.165) is 35.5 Å². The average Bonchev–Trinajstić information content (AvgIpc) is 3.01. The van der Waals surface area contributed by atoms with Crippen LogP contribution in [-0.4, -0.2) is 43.7 Å². The fourth-order valence-corrected chi connectivity index (χ4v) is 3.09. The van der Waals surface area contributed by atoms with Gasteiger partial charge in [0, 0.05) is 38.1 Å². The van der Waals surface area contributed by atoms with Crippen molar-refractivity contribution in [1.82, 2.24) is 9.36 Å². The van der Waals surface area contributed by atoms with Crippen molar-refractivity contribution in [2.24, 2.45) is 5.92 Å². The van der Waals surface area contributed by atoms with Crippen LogP contribution in [0.2, 0.25) is 0 Å². The quantitative estimate of drug-likeness (QED) is 0.912. The maximum Gasteiger partial charge on any atom is 0.238 e. The van der Waals surface area contributed by atoms with Crippen molar-refractivity contribution in [3.8, 4) is 11.5 Å². The summed E-state index contributed by atoms with van der Waals surface area (Å²) in [5.41, 5.74) is 1.20. The van der Waals surface area contributed by atoms with Gasteiger partial charge in [-0.25, -0.2) is 0 Å². The van der Waals surface area contributed by atoms with Crippen LogP contribution < -0.4 is 19.7 Å². The number of nitrogens with one attached hydrogen (secondary N) is 1. The Morgan fingerprint density at radius 1 is 1.45 bits per heavy atom. The zero-order valence-electron chi connectivity index (χ0n) is 13.0. The third-order valence-electron chi connectivity index (χ3n) is 3.61. The summed E-state index contributed by atoms with van der Waals surface area (Å²) in [4.78, 5) is 6.32. The highest BCUT2D eigenvalue weighted by atomic mass is 32.1. The number of ether oxygens (including phenoxy) is 2. The number of fused-ring (bicyclic) bond motifs is 1. The van der Waals surface area contributed by atoms with Gasteiger partial charge in [0.2, 0.25) is 11.1 Å². The second-order valence-corrected chi connectivity index (χ2v) is 6.26. The van der Waals surface area contributed by atoms with Gasteiger partial charge in [0.05, 0.1) is 13.7 Å². The number of para-hydroxylation sites is 1. The number of aromatic nitrogens is 2. The zero-order chi connectivity index (χ0) is 15.5. The van der Waals surface area contributed by atoms with Gasteiger partial charge in [-0.2, -0.15) is 9.36 Å². The van der Waals surface area contributed by atoms with Crippen LogP contribution in [0.15, 0.2) is 18.2 Å². The van der Waals surface area contributed by atoms with Crippen LogP contribution in [0.25, 0.3) is 0 Å².